The van der Waals surface area contributed by atoms with Crippen LogP contribution in [0.25, 0.3) is 21.4 Å². The van der Waals surface area contributed by atoms with Crippen molar-refractivity contribution in [2.24, 2.45) is 7.05 Å². The summed E-state index contributed by atoms with van der Waals surface area (Å²) in [5.41, 5.74) is 3.99. The van der Waals surface area contributed by atoms with Gasteiger partial charge in [-0.25, -0.2) is 15.0 Å². The number of fused-ring (bicyclic) bond motifs is 3. The van der Waals surface area contributed by atoms with E-state index in [0.29, 0.717) is 16.5 Å². The highest BCUT2D eigenvalue weighted by Crippen LogP contribution is 2.33. The molecule has 0 fully saturated rings. The zero-order valence-electron chi connectivity index (χ0n) is 15.4. The summed E-state index contributed by atoms with van der Waals surface area (Å²) in [6.07, 6.45) is 1.73. The minimum Gasteiger partial charge on any atom is -0.378 e. The second-order valence-electron chi connectivity index (χ2n) is 6.33. The minimum atomic E-state index is -0.200. The molecule has 0 saturated carbocycles. The Hall–Kier alpha value is -3.20. The number of hydrogen-bond acceptors (Lipinski definition) is 7. The molecule has 1 amide bonds. The molecule has 8 nitrogen and oxygen atoms in total. The Morgan fingerprint density at radius 2 is 1.89 bits per heavy atom. The van der Waals surface area contributed by atoms with Crippen LogP contribution in [-0.4, -0.2) is 46.6 Å². The van der Waals surface area contributed by atoms with Gasteiger partial charge < -0.3 is 14.8 Å². The largest absolute Gasteiger partial charge is 0.378 e. The highest BCUT2D eigenvalue weighted by atomic mass is 32.1. The molecule has 0 spiro atoms. The number of nitrogens with one attached hydrogen (secondary N) is 2. The molecule has 0 aliphatic carbocycles. The Bertz CT molecular complexity index is 1140. The van der Waals surface area contributed by atoms with Crippen LogP contribution in [0.2, 0.25) is 0 Å². The molecule has 0 unspecified atom stereocenters. The molecule has 0 atom stereocenters. The van der Waals surface area contributed by atoms with Crippen LogP contribution in [0.1, 0.15) is 10.4 Å². The van der Waals surface area contributed by atoms with Crippen LogP contribution in [0.4, 0.5) is 16.6 Å². The van der Waals surface area contributed by atoms with Crippen LogP contribution in [0.15, 0.2) is 30.6 Å². The summed E-state index contributed by atoms with van der Waals surface area (Å²) < 4.78 is 1.91. The molecule has 2 N–H and O–H groups in total. The van der Waals surface area contributed by atoms with Gasteiger partial charge in [0.1, 0.15) is 21.4 Å². The number of pyridine rings is 1. The highest BCUT2D eigenvalue weighted by Gasteiger charge is 2.17. The highest BCUT2D eigenvalue weighted by molar-refractivity contribution is 7.22. The first-order chi connectivity index (χ1) is 13.0. The topological polar surface area (TPSA) is 88.0 Å². The van der Waals surface area contributed by atoms with Gasteiger partial charge in [0.15, 0.2) is 10.9 Å². The second-order valence-corrected chi connectivity index (χ2v) is 7.31. The zero-order valence-corrected chi connectivity index (χ0v) is 16.3. The number of aryl methyl sites for hydroxylation is 1. The molecule has 9 heteroatoms. The van der Waals surface area contributed by atoms with E-state index < -0.39 is 0 Å². The van der Waals surface area contributed by atoms with Crippen molar-refractivity contribution in [2.45, 2.75) is 0 Å². The molecule has 0 aliphatic heterocycles. The van der Waals surface area contributed by atoms with Crippen LogP contribution < -0.4 is 15.5 Å². The predicted molar refractivity (Wildman–Crippen MR) is 110 cm³/mol. The third-order valence-electron chi connectivity index (χ3n) is 4.31. The Kier molecular flexibility index (Phi) is 4.15. The van der Waals surface area contributed by atoms with Crippen molar-refractivity contribution in [1.29, 1.82) is 0 Å². The maximum Gasteiger partial charge on any atom is 0.257 e. The summed E-state index contributed by atoms with van der Waals surface area (Å²) >= 11 is 1.34. The van der Waals surface area contributed by atoms with Crippen LogP contribution in [0.5, 0.6) is 0 Å². The lowest BCUT2D eigenvalue weighted by Crippen LogP contribution is -2.13. The summed E-state index contributed by atoms with van der Waals surface area (Å²) in [7, 11) is 7.64. The van der Waals surface area contributed by atoms with E-state index in [0.717, 1.165) is 27.1 Å². The van der Waals surface area contributed by atoms with E-state index >= 15 is 0 Å². The van der Waals surface area contributed by atoms with Gasteiger partial charge >= 0.3 is 0 Å². The molecule has 0 bridgehead atoms. The van der Waals surface area contributed by atoms with Crippen LogP contribution in [0, 0.1) is 0 Å². The van der Waals surface area contributed by atoms with E-state index in [1.54, 1.807) is 18.5 Å². The number of anilines is 3. The number of hydrogen-bond donors (Lipinski definition) is 2. The standard InChI is InChI=1S/C18H19N7OS/c1-19-15-12-14(25(4)9-20-12)13-17(22-15)27-18(21-13)23-16(26)10-5-7-11(8-6-10)24(2)3/h5-9H,1-4H3,(H,19,22)(H,21,23,26). The van der Waals surface area contributed by atoms with E-state index in [2.05, 4.69) is 25.6 Å². The molecule has 0 aliphatic rings. The van der Waals surface area contributed by atoms with Crippen LogP contribution in [0.3, 0.4) is 0 Å². The molecule has 4 rings (SSSR count). The predicted octanol–water partition coefficient (Wildman–Crippen LogP) is 2.94. The minimum absolute atomic E-state index is 0.200. The fourth-order valence-electron chi connectivity index (χ4n) is 2.89. The van der Waals surface area contributed by atoms with Gasteiger partial charge in [0.25, 0.3) is 5.91 Å². The molecule has 3 heterocycles. The SMILES string of the molecule is CNc1nc2sc(NC(=O)c3ccc(N(C)C)cc3)nc2c2c1ncn2C. The van der Waals surface area contributed by atoms with Crippen molar-refractivity contribution in [2.75, 3.05) is 36.7 Å². The molecule has 138 valence electrons. The van der Waals surface area contributed by atoms with Crippen molar-refractivity contribution in [3.8, 4) is 0 Å². The number of imidazole rings is 1. The number of nitrogens with zero attached hydrogens (tertiary/aromatic N) is 5. The number of thiazole rings is 1. The average Bonchev–Trinajstić information content (AvgIpc) is 3.24. The first kappa shape index (κ1) is 17.2. The molecule has 0 saturated heterocycles. The number of rotatable bonds is 4. The van der Waals surface area contributed by atoms with Gasteiger partial charge in [-0.3, -0.25) is 10.1 Å². The summed E-state index contributed by atoms with van der Waals surface area (Å²) in [5, 5.41) is 6.45. The van der Waals surface area contributed by atoms with E-state index in [9.17, 15) is 4.79 Å². The monoisotopic (exact) mass is 381 g/mol. The van der Waals surface area contributed by atoms with Gasteiger partial charge in [-0.15, -0.1) is 0 Å². The van der Waals surface area contributed by atoms with Gasteiger partial charge in [0, 0.05) is 39.4 Å². The third kappa shape index (κ3) is 2.95. The summed E-state index contributed by atoms with van der Waals surface area (Å²) in [5.74, 6) is 0.494. The van der Waals surface area contributed by atoms with Crippen molar-refractivity contribution in [1.82, 2.24) is 19.5 Å². The lowest BCUT2D eigenvalue weighted by atomic mass is 10.2. The van der Waals surface area contributed by atoms with E-state index in [1.807, 2.05) is 49.8 Å². The second kappa shape index (κ2) is 6.51. The molecular weight excluding hydrogens is 362 g/mol. The zero-order chi connectivity index (χ0) is 19.1. The molecule has 1 aromatic carbocycles. The number of carbonyl (C=O) groups excluding carboxylic acids is 1. The fraction of sp³-hybridized carbons (Fsp3) is 0.222. The molecule has 4 aromatic rings. The van der Waals surface area contributed by atoms with E-state index in [-0.39, 0.29) is 5.91 Å². The Labute approximate surface area is 159 Å². The summed E-state index contributed by atoms with van der Waals surface area (Å²) in [6.45, 7) is 0. The maximum absolute atomic E-state index is 12.6. The normalized spacial score (nSPS) is 11.1. The summed E-state index contributed by atoms with van der Waals surface area (Å²) in [4.78, 5) is 28.9. The average molecular weight is 381 g/mol. The third-order valence-corrected chi connectivity index (χ3v) is 5.18. The molecule has 0 radical (unpaired) electrons. The van der Waals surface area contributed by atoms with E-state index in [1.165, 1.54) is 11.3 Å². The van der Waals surface area contributed by atoms with Crippen LogP contribution in [-0.2, 0) is 7.05 Å². The lowest BCUT2D eigenvalue weighted by Gasteiger charge is -2.12. The van der Waals surface area contributed by atoms with Crippen LogP contribution >= 0.6 is 11.3 Å². The van der Waals surface area contributed by atoms with Crippen molar-refractivity contribution >= 4 is 55.3 Å². The number of aromatic nitrogens is 4. The van der Waals surface area contributed by atoms with Crippen molar-refractivity contribution in [3.63, 3.8) is 0 Å². The van der Waals surface area contributed by atoms with Gasteiger partial charge in [-0.2, -0.15) is 0 Å². The number of amides is 1. The van der Waals surface area contributed by atoms with Gasteiger partial charge in [-0.05, 0) is 24.3 Å². The van der Waals surface area contributed by atoms with Crippen molar-refractivity contribution < 1.29 is 4.79 Å². The number of benzene rings is 1. The van der Waals surface area contributed by atoms with Gasteiger partial charge in [-0.1, -0.05) is 11.3 Å². The molecular formula is C18H19N7OS. The number of carbonyl (C=O) groups is 1. The smallest absolute Gasteiger partial charge is 0.257 e. The van der Waals surface area contributed by atoms with Gasteiger partial charge in [0.05, 0.1) is 6.33 Å². The summed E-state index contributed by atoms with van der Waals surface area (Å²) in [6, 6.07) is 7.42. The Balaban J connectivity index is 1.69. The Morgan fingerprint density at radius 1 is 1.15 bits per heavy atom. The molecule has 27 heavy (non-hydrogen) atoms. The first-order valence-corrected chi connectivity index (χ1v) is 9.17. The quantitative estimate of drug-likeness (QED) is 0.565. The van der Waals surface area contributed by atoms with E-state index in [4.69, 9.17) is 0 Å². The molecule has 3 aromatic heterocycles. The fourth-order valence-corrected chi connectivity index (χ4v) is 3.73. The van der Waals surface area contributed by atoms with Crippen molar-refractivity contribution in [3.05, 3.63) is 36.2 Å². The maximum atomic E-state index is 12.6. The Morgan fingerprint density at radius 3 is 2.56 bits per heavy atom. The first-order valence-electron chi connectivity index (χ1n) is 8.36. The lowest BCUT2D eigenvalue weighted by molar-refractivity contribution is 0.102. The van der Waals surface area contributed by atoms with Gasteiger partial charge in [0.2, 0.25) is 0 Å².